The molecule has 1 rings (SSSR count). The van der Waals surface area contributed by atoms with Crippen molar-refractivity contribution < 1.29 is 9.90 Å². The van der Waals surface area contributed by atoms with Crippen LogP contribution in [0.2, 0.25) is 0 Å². The molecule has 0 fully saturated rings. The third-order valence-electron chi connectivity index (χ3n) is 0.838. The first kappa shape index (κ1) is 6.10. The fourth-order valence-corrected chi connectivity index (χ4v) is 1.08. The maximum atomic E-state index is 10.2. The number of carboxylic acids is 1. The van der Waals surface area contributed by atoms with Crippen LogP contribution in [0.4, 0.5) is 5.00 Å². The number of nitrogen functional groups attached to an aromatic ring is 1. The van der Waals surface area contributed by atoms with Crippen LogP contribution < -0.4 is 5.73 Å². The van der Waals surface area contributed by atoms with Crippen molar-refractivity contribution in [2.24, 2.45) is 0 Å². The zero-order valence-electron chi connectivity index (χ0n) is 4.50. The molecular weight excluding hydrogens is 138 g/mol. The van der Waals surface area contributed by atoms with E-state index in [-0.39, 0.29) is 4.88 Å². The van der Waals surface area contributed by atoms with Gasteiger partial charge in [0.15, 0.2) is 0 Å². The number of hydrogen-bond acceptors (Lipinski definition) is 3. The van der Waals surface area contributed by atoms with Gasteiger partial charge in [0.25, 0.3) is 0 Å². The molecule has 9 heavy (non-hydrogen) atoms. The lowest BCUT2D eigenvalue weighted by molar-refractivity contribution is 0.0702. The van der Waals surface area contributed by atoms with Gasteiger partial charge in [0, 0.05) is 0 Å². The number of hydrogen-bond donors (Lipinski definition) is 2. The zero-order chi connectivity index (χ0) is 6.85. The van der Waals surface area contributed by atoms with Crippen LogP contribution in [0.25, 0.3) is 0 Å². The summed E-state index contributed by atoms with van der Waals surface area (Å²) in [5.74, 6) is -0.920. The molecule has 3 nitrogen and oxygen atoms in total. The Bertz CT molecular complexity index is 231. The molecule has 1 aromatic rings. The summed E-state index contributed by atoms with van der Waals surface area (Å²) in [6, 6.07) is 3.07. The van der Waals surface area contributed by atoms with Gasteiger partial charge in [0.05, 0.1) is 5.00 Å². The van der Waals surface area contributed by atoms with Gasteiger partial charge in [0.2, 0.25) is 0 Å². The highest BCUT2D eigenvalue weighted by atomic mass is 32.1. The topological polar surface area (TPSA) is 63.3 Å². The molecule has 4 heteroatoms. The normalized spacial score (nSPS) is 9.33. The summed E-state index contributed by atoms with van der Waals surface area (Å²) >= 11 is 1.07. The van der Waals surface area contributed by atoms with Gasteiger partial charge in [0.1, 0.15) is 4.88 Å². The first-order chi connectivity index (χ1) is 4.20. The molecule has 0 aromatic carbocycles. The van der Waals surface area contributed by atoms with E-state index in [9.17, 15) is 4.79 Å². The van der Waals surface area contributed by atoms with Gasteiger partial charge in [-0.05, 0) is 12.1 Å². The Morgan fingerprint density at radius 2 is 2.33 bits per heavy atom. The highest BCUT2D eigenvalue weighted by Crippen LogP contribution is 2.17. The summed E-state index contributed by atoms with van der Waals surface area (Å²) in [4.78, 5) is 10.5. The van der Waals surface area contributed by atoms with E-state index in [1.165, 1.54) is 6.07 Å². The number of anilines is 1. The van der Waals surface area contributed by atoms with Crippen LogP contribution in [0.1, 0.15) is 9.67 Å². The van der Waals surface area contributed by atoms with Crippen molar-refractivity contribution in [2.45, 2.75) is 0 Å². The number of carboxylic acid groups (broad SMARTS) is 1. The minimum absolute atomic E-state index is 0.285. The number of carbonyl (C=O) groups is 1. The summed E-state index contributed by atoms with van der Waals surface area (Å²) < 4.78 is 0. The Labute approximate surface area is 55.7 Å². The lowest BCUT2D eigenvalue weighted by atomic mass is 10.5. The fourth-order valence-electron chi connectivity index (χ4n) is 0.468. The van der Waals surface area contributed by atoms with Gasteiger partial charge in [-0.15, -0.1) is 11.3 Å². The second-order valence-corrected chi connectivity index (χ2v) is 2.62. The quantitative estimate of drug-likeness (QED) is 0.617. The summed E-state index contributed by atoms with van der Waals surface area (Å²) in [6.07, 6.45) is 0. The average molecular weight is 143 g/mol. The highest BCUT2D eigenvalue weighted by molar-refractivity contribution is 7.17. The van der Waals surface area contributed by atoms with Gasteiger partial charge < -0.3 is 10.8 Å². The lowest BCUT2D eigenvalue weighted by Crippen LogP contribution is -1.89. The van der Waals surface area contributed by atoms with Gasteiger partial charge in [-0.25, -0.2) is 4.79 Å². The second-order valence-electron chi connectivity index (χ2n) is 1.51. The molecule has 0 amide bonds. The molecule has 0 unspecified atom stereocenters. The molecule has 0 saturated carbocycles. The Morgan fingerprint density at radius 1 is 1.67 bits per heavy atom. The van der Waals surface area contributed by atoms with E-state index in [0.717, 1.165) is 11.3 Å². The molecule has 0 aliphatic rings. The van der Waals surface area contributed by atoms with Crippen LogP contribution in [0.3, 0.4) is 0 Å². The van der Waals surface area contributed by atoms with Crippen molar-refractivity contribution in [1.82, 2.24) is 0 Å². The van der Waals surface area contributed by atoms with Crippen LogP contribution in [-0.4, -0.2) is 11.1 Å². The molecule has 0 spiro atoms. The molecule has 1 aromatic heterocycles. The van der Waals surface area contributed by atoms with E-state index in [2.05, 4.69) is 0 Å². The van der Waals surface area contributed by atoms with Crippen LogP contribution in [0, 0.1) is 0 Å². The summed E-state index contributed by atoms with van der Waals surface area (Å²) in [5, 5.41) is 8.89. The lowest BCUT2D eigenvalue weighted by Gasteiger charge is -1.80. The van der Waals surface area contributed by atoms with E-state index in [4.69, 9.17) is 10.8 Å². The summed E-state index contributed by atoms with van der Waals surface area (Å²) in [5.41, 5.74) is 5.27. The van der Waals surface area contributed by atoms with E-state index >= 15 is 0 Å². The molecule has 0 bridgehead atoms. The van der Waals surface area contributed by atoms with E-state index < -0.39 is 5.97 Å². The number of aromatic carboxylic acids is 1. The highest BCUT2D eigenvalue weighted by Gasteiger charge is 2.03. The maximum Gasteiger partial charge on any atom is 0.345 e. The van der Waals surface area contributed by atoms with Crippen LogP contribution in [0.5, 0.6) is 0 Å². The smallest absolute Gasteiger partial charge is 0.345 e. The van der Waals surface area contributed by atoms with Crippen molar-refractivity contribution in [3.63, 3.8) is 0 Å². The minimum Gasteiger partial charge on any atom is -0.477 e. The Balaban J connectivity index is 2.98. The van der Waals surface area contributed by atoms with Crippen LogP contribution in [-0.2, 0) is 0 Å². The Hall–Kier alpha value is -1.03. The molecule has 0 aliphatic carbocycles. The largest absolute Gasteiger partial charge is 0.477 e. The minimum atomic E-state index is -0.920. The molecular formula is C5H5NO2S. The maximum absolute atomic E-state index is 10.2. The standard InChI is InChI=1S/C5H5NO2S/c6-4-2-1-3(9-4)5(7)8/h1-2H,6H2,(H,7,8). The van der Waals surface area contributed by atoms with Crippen molar-refractivity contribution in [3.8, 4) is 0 Å². The van der Waals surface area contributed by atoms with E-state index in [1.54, 1.807) is 6.07 Å². The van der Waals surface area contributed by atoms with Crippen molar-refractivity contribution in [2.75, 3.05) is 5.73 Å². The summed E-state index contributed by atoms with van der Waals surface area (Å²) in [6.45, 7) is 0. The predicted molar refractivity (Wildman–Crippen MR) is 35.7 cm³/mol. The van der Waals surface area contributed by atoms with E-state index in [1.807, 2.05) is 0 Å². The molecule has 0 radical (unpaired) electrons. The first-order valence-electron chi connectivity index (χ1n) is 2.29. The molecule has 1 heterocycles. The van der Waals surface area contributed by atoms with Gasteiger partial charge in [-0.3, -0.25) is 0 Å². The van der Waals surface area contributed by atoms with Crippen LogP contribution >= 0.6 is 11.3 Å². The molecule has 0 saturated heterocycles. The van der Waals surface area contributed by atoms with Crippen molar-refractivity contribution in [1.29, 1.82) is 0 Å². The average Bonchev–Trinajstić information content (AvgIpc) is 2.14. The van der Waals surface area contributed by atoms with Gasteiger partial charge in [-0.1, -0.05) is 0 Å². The van der Waals surface area contributed by atoms with Gasteiger partial charge >= 0.3 is 5.97 Å². The number of rotatable bonds is 1. The van der Waals surface area contributed by atoms with Crippen molar-refractivity contribution >= 4 is 22.3 Å². The molecule has 0 atom stereocenters. The third-order valence-corrected chi connectivity index (χ3v) is 1.74. The second kappa shape index (κ2) is 2.06. The molecule has 0 aliphatic heterocycles. The molecule has 48 valence electrons. The predicted octanol–water partition coefficient (Wildman–Crippen LogP) is 1.03. The Morgan fingerprint density at radius 3 is 2.56 bits per heavy atom. The fraction of sp³-hybridized carbons (Fsp3) is 0. The molecule has 3 N–H and O–H groups in total. The number of thiophene rings is 1. The number of nitrogens with two attached hydrogens (primary N) is 1. The third kappa shape index (κ3) is 1.20. The Kier molecular flexibility index (Phi) is 1.40. The monoisotopic (exact) mass is 143 g/mol. The first-order valence-corrected chi connectivity index (χ1v) is 3.10. The SMILES string of the molecule is Nc1ccc(C(=O)O)s1. The van der Waals surface area contributed by atoms with Crippen LogP contribution in [0.15, 0.2) is 12.1 Å². The van der Waals surface area contributed by atoms with Gasteiger partial charge in [-0.2, -0.15) is 0 Å². The zero-order valence-corrected chi connectivity index (χ0v) is 5.31. The van der Waals surface area contributed by atoms with Crippen molar-refractivity contribution in [3.05, 3.63) is 17.0 Å². The summed E-state index contributed by atoms with van der Waals surface area (Å²) in [7, 11) is 0. The van der Waals surface area contributed by atoms with E-state index in [0.29, 0.717) is 5.00 Å².